The highest BCUT2D eigenvalue weighted by Crippen LogP contribution is 2.32. The van der Waals surface area contributed by atoms with Gasteiger partial charge in [-0.1, -0.05) is 25.3 Å². The first-order valence-electron chi connectivity index (χ1n) is 11.6. The number of aromatic nitrogens is 3. The molecule has 3 heterocycles. The molecule has 0 radical (unpaired) electrons. The second-order valence-electron chi connectivity index (χ2n) is 8.97. The third kappa shape index (κ3) is 5.39. The summed E-state index contributed by atoms with van der Waals surface area (Å²) in [6.45, 7) is 5.33. The molecule has 0 bridgehead atoms. The average Bonchev–Trinajstić information content (AvgIpc) is 3.21. The van der Waals surface area contributed by atoms with Crippen LogP contribution in [0.15, 0.2) is 24.3 Å². The summed E-state index contributed by atoms with van der Waals surface area (Å²) in [4.78, 5) is 31.0. The second kappa shape index (κ2) is 9.73. The van der Waals surface area contributed by atoms with Crippen molar-refractivity contribution in [3.05, 3.63) is 41.3 Å². The third-order valence-corrected chi connectivity index (χ3v) is 6.55. The van der Waals surface area contributed by atoms with Crippen LogP contribution in [-0.4, -0.2) is 56.8 Å². The van der Waals surface area contributed by atoms with Crippen LogP contribution >= 0.6 is 0 Å². The van der Waals surface area contributed by atoms with Crippen LogP contribution in [0.2, 0.25) is 0 Å². The molecule has 0 unspecified atom stereocenters. The minimum Gasteiger partial charge on any atom is -0.342 e. The van der Waals surface area contributed by atoms with E-state index in [1.165, 1.54) is 19.3 Å². The molecule has 1 amide bonds. The van der Waals surface area contributed by atoms with E-state index in [1.54, 1.807) is 0 Å². The fourth-order valence-corrected chi connectivity index (χ4v) is 4.91. The Balaban J connectivity index is 1.43. The van der Waals surface area contributed by atoms with Crippen molar-refractivity contribution in [2.24, 2.45) is 0 Å². The van der Waals surface area contributed by atoms with Crippen LogP contribution in [0.5, 0.6) is 0 Å². The Hall–Kier alpha value is -2.54. The maximum absolute atomic E-state index is 13.0. The summed E-state index contributed by atoms with van der Waals surface area (Å²) in [7, 11) is 1.98. The van der Waals surface area contributed by atoms with E-state index in [9.17, 15) is 4.79 Å². The monoisotopic (exact) mass is 422 g/mol. The SMILES string of the molecule is Cc1cc(C)nc(Nc2cccc([C@H]3CCCN3CC(=O)N(C)C3CCCCC3)n2)n1. The smallest absolute Gasteiger partial charge is 0.236 e. The van der Waals surface area contributed by atoms with Crippen LogP contribution in [0.1, 0.15) is 68.1 Å². The predicted molar refractivity (Wildman–Crippen MR) is 122 cm³/mol. The first kappa shape index (κ1) is 21.7. The quantitative estimate of drug-likeness (QED) is 0.753. The fourth-order valence-electron chi connectivity index (χ4n) is 4.91. The molecule has 7 heteroatoms. The predicted octanol–water partition coefficient (Wildman–Crippen LogP) is 4.16. The van der Waals surface area contributed by atoms with Gasteiger partial charge in [0, 0.05) is 24.5 Å². The van der Waals surface area contributed by atoms with Gasteiger partial charge in [-0.05, 0) is 64.3 Å². The molecule has 1 atom stereocenters. The molecule has 0 aromatic carbocycles. The van der Waals surface area contributed by atoms with Gasteiger partial charge in [0.2, 0.25) is 11.9 Å². The van der Waals surface area contributed by atoms with Crippen molar-refractivity contribution in [2.45, 2.75) is 70.9 Å². The van der Waals surface area contributed by atoms with E-state index in [1.807, 2.05) is 44.0 Å². The van der Waals surface area contributed by atoms with E-state index in [-0.39, 0.29) is 11.9 Å². The minimum atomic E-state index is 0.172. The molecule has 2 aromatic heterocycles. The van der Waals surface area contributed by atoms with Gasteiger partial charge in [-0.25, -0.2) is 15.0 Å². The van der Waals surface area contributed by atoms with Gasteiger partial charge >= 0.3 is 0 Å². The molecular formula is C24H34N6O. The summed E-state index contributed by atoms with van der Waals surface area (Å²) in [6, 6.07) is 8.54. The zero-order valence-electron chi connectivity index (χ0n) is 19.0. The second-order valence-corrected chi connectivity index (χ2v) is 8.97. The minimum absolute atomic E-state index is 0.172. The van der Waals surface area contributed by atoms with E-state index < -0.39 is 0 Å². The van der Waals surface area contributed by atoms with Crippen LogP contribution in [-0.2, 0) is 4.79 Å². The highest BCUT2D eigenvalue weighted by molar-refractivity contribution is 5.78. The van der Waals surface area contributed by atoms with E-state index in [0.717, 1.165) is 55.1 Å². The first-order chi connectivity index (χ1) is 15.0. The summed E-state index contributed by atoms with van der Waals surface area (Å²) >= 11 is 0. The van der Waals surface area contributed by atoms with Gasteiger partial charge in [-0.3, -0.25) is 9.69 Å². The van der Waals surface area contributed by atoms with Gasteiger partial charge in [-0.2, -0.15) is 0 Å². The van der Waals surface area contributed by atoms with Crippen molar-refractivity contribution in [3.8, 4) is 0 Å². The number of nitrogens with zero attached hydrogens (tertiary/aromatic N) is 5. The Labute approximate surface area is 185 Å². The van der Waals surface area contributed by atoms with Gasteiger partial charge < -0.3 is 10.2 Å². The van der Waals surface area contributed by atoms with Crippen LogP contribution in [0.3, 0.4) is 0 Å². The number of aryl methyl sites for hydroxylation is 2. The molecule has 31 heavy (non-hydrogen) atoms. The molecular weight excluding hydrogens is 388 g/mol. The Morgan fingerprint density at radius 1 is 1.06 bits per heavy atom. The third-order valence-electron chi connectivity index (χ3n) is 6.55. The normalized spacial score (nSPS) is 20.0. The molecule has 1 aliphatic carbocycles. The Morgan fingerprint density at radius 3 is 2.55 bits per heavy atom. The maximum Gasteiger partial charge on any atom is 0.236 e. The Morgan fingerprint density at radius 2 is 1.81 bits per heavy atom. The van der Waals surface area contributed by atoms with Gasteiger partial charge in [0.15, 0.2) is 0 Å². The highest BCUT2D eigenvalue weighted by Gasteiger charge is 2.31. The molecule has 4 rings (SSSR count). The number of carbonyl (C=O) groups is 1. The fraction of sp³-hybridized carbons (Fsp3) is 0.583. The molecule has 1 N–H and O–H groups in total. The lowest BCUT2D eigenvalue weighted by molar-refractivity contribution is -0.134. The number of pyridine rings is 1. The van der Waals surface area contributed by atoms with Gasteiger partial charge in [0.05, 0.1) is 18.3 Å². The molecule has 2 aliphatic rings. The molecule has 7 nitrogen and oxygen atoms in total. The van der Waals surface area contributed by atoms with E-state index in [0.29, 0.717) is 18.5 Å². The van der Waals surface area contributed by atoms with Gasteiger partial charge in [0.25, 0.3) is 0 Å². The topological polar surface area (TPSA) is 74.2 Å². The lowest BCUT2D eigenvalue weighted by Gasteiger charge is -2.33. The van der Waals surface area contributed by atoms with Crippen molar-refractivity contribution in [2.75, 3.05) is 25.5 Å². The van der Waals surface area contributed by atoms with E-state index in [2.05, 4.69) is 26.3 Å². The van der Waals surface area contributed by atoms with Crippen LogP contribution < -0.4 is 5.32 Å². The van der Waals surface area contributed by atoms with Crippen molar-refractivity contribution >= 4 is 17.7 Å². The molecule has 0 spiro atoms. The molecule has 1 saturated carbocycles. The average molecular weight is 423 g/mol. The van der Waals surface area contributed by atoms with Crippen LogP contribution in [0, 0.1) is 13.8 Å². The lowest BCUT2D eigenvalue weighted by Crippen LogP contribution is -2.44. The summed E-state index contributed by atoms with van der Waals surface area (Å²) < 4.78 is 0. The van der Waals surface area contributed by atoms with E-state index >= 15 is 0 Å². The highest BCUT2D eigenvalue weighted by atomic mass is 16.2. The number of carbonyl (C=O) groups excluding carboxylic acids is 1. The molecule has 1 saturated heterocycles. The zero-order chi connectivity index (χ0) is 21.8. The van der Waals surface area contributed by atoms with Gasteiger partial charge in [0.1, 0.15) is 5.82 Å². The Bertz CT molecular complexity index is 890. The standard InChI is InChI=1S/C24H34N6O/c1-17-15-18(2)26-24(25-17)28-22-13-7-11-20(27-22)21-12-8-14-30(21)16-23(31)29(3)19-9-5-4-6-10-19/h7,11,13,15,19,21H,4-6,8-10,12,14,16H2,1-3H3,(H,25,26,27,28)/t21-/m1/s1. The molecule has 1 aliphatic heterocycles. The maximum atomic E-state index is 13.0. The number of likely N-dealkylation sites (N-methyl/N-ethyl adjacent to an activating group) is 1. The lowest BCUT2D eigenvalue weighted by atomic mass is 9.94. The number of hydrogen-bond acceptors (Lipinski definition) is 6. The number of hydrogen-bond donors (Lipinski definition) is 1. The van der Waals surface area contributed by atoms with Crippen molar-refractivity contribution in [3.63, 3.8) is 0 Å². The first-order valence-corrected chi connectivity index (χ1v) is 11.6. The largest absolute Gasteiger partial charge is 0.342 e. The van der Waals surface area contributed by atoms with Gasteiger partial charge in [-0.15, -0.1) is 0 Å². The van der Waals surface area contributed by atoms with E-state index in [4.69, 9.17) is 4.98 Å². The van der Waals surface area contributed by atoms with Crippen molar-refractivity contribution < 1.29 is 4.79 Å². The van der Waals surface area contributed by atoms with Crippen LogP contribution in [0.25, 0.3) is 0 Å². The summed E-state index contributed by atoms with van der Waals surface area (Å²) in [5.41, 5.74) is 2.85. The summed E-state index contributed by atoms with van der Waals surface area (Å²) in [6.07, 6.45) is 8.17. The number of amides is 1. The summed E-state index contributed by atoms with van der Waals surface area (Å²) in [5, 5.41) is 3.24. The number of rotatable bonds is 6. The molecule has 2 aromatic rings. The Kier molecular flexibility index (Phi) is 6.80. The van der Waals surface area contributed by atoms with Crippen LogP contribution in [0.4, 0.5) is 11.8 Å². The number of anilines is 2. The summed E-state index contributed by atoms with van der Waals surface area (Å²) in [5.74, 6) is 1.53. The van der Waals surface area contributed by atoms with Crippen molar-refractivity contribution in [1.82, 2.24) is 24.8 Å². The molecule has 166 valence electrons. The number of nitrogens with one attached hydrogen (secondary N) is 1. The molecule has 2 fully saturated rings. The number of likely N-dealkylation sites (tertiary alicyclic amines) is 1. The zero-order valence-corrected chi connectivity index (χ0v) is 19.0. The van der Waals surface area contributed by atoms with Crippen molar-refractivity contribution in [1.29, 1.82) is 0 Å².